The topological polar surface area (TPSA) is 90.9 Å². The van der Waals surface area contributed by atoms with Gasteiger partial charge in [0.25, 0.3) is 0 Å². The SMILES string of the molecule is CCCC(=O)Nc1c(C#N)cnn1CCO. The molecule has 0 spiro atoms. The number of anilines is 1. The van der Waals surface area contributed by atoms with E-state index in [1.807, 2.05) is 13.0 Å². The van der Waals surface area contributed by atoms with Gasteiger partial charge in [-0.1, -0.05) is 6.92 Å². The zero-order valence-corrected chi connectivity index (χ0v) is 9.10. The maximum atomic E-state index is 11.4. The third-order valence-electron chi connectivity index (χ3n) is 2.01. The number of aliphatic hydroxyl groups excluding tert-OH is 1. The molecule has 16 heavy (non-hydrogen) atoms. The summed E-state index contributed by atoms with van der Waals surface area (Å²) in [5.74, 6) is 0.202. The molecule has 2 N–H and O–H groups in total. The van der Waals surface area contributed by atoms with Gasteiger partial charge in [-0.3, -0.25) is 4.79 Å². The molecule has 86 valence electrons. The van der Waals surface area contributed by atoms with Crippen LogP contribution in [0.5, 0.6) is 0 Å². The molecule has 1 heterocycles. The van der Waals surface area contributed by atoms with Gasteiger partial charge in [-0.15, -0.1) is 0 Å². The number of hydrogen-bond acceptors (Lipinski definition) is 4. The first kappa shape index (κ1) is 12.2. The molecule has 6 nitrogen and oxygen atoms in total. The monoisotopic (exact) mass is 222 g/mol. The van der Waals surface area contributed by atoms with E-state index in [9.17, 15) is 4.79 Å². The summed E-state index contributed by atoms with van der Waals surface area (Å²) < 4.78 is 1.41. The highest BCUT2D eigenvalue weighted by atomic mass is 16.3. The first-order chi connectivity index (χ1) is 7.72. The second-order valence-electron chi connectivity index (χ2n) is 3.26. The van der Waals surface area contributed by atoms with Gasteiger partial charge in [0.05, 0.1) is 19.3 Å². The summed E-state index contributed by atoms with van der Waals surface area (Å²) in [6.45, 7) is 2.06. The lowest BCUT2D eigenvalue weighted by molar-refractivity contribution is -0.116. The van der Waals surface area contributed by atoms with Crippen molar-refractivity contribution in [3.63, 3.8) is 0 Å². The van der Waals surface area contributed by atoms with E-state index in [1.165, 1.54) is 10.9 Å². The predicted octanol–water partition coefficient (Wildman–Crippen LogP) is 0.486. The lowest BCUT2D eigenvalue weighted by atomic mass is 10.3. The van der Waals surface area contributed by atoms with Crippen molar-refractivity contribution in [2.45, 2.75) is 26.3 Å². The maximum absolute atomic E-state index is 11.4. The van der Waals surface area contributed by atoms with Crippen molar-refractivity contribution >= 4 is 11.7 Å². The van der Waals surface area contributed by atoms with Crippen LogP contribution in [0.15, 0.2) is 6.20 Å². The third kappa shape index (κ3) is 2.81. The highest BCUT2D eigenvalue weighted by molar-refractivity contribution is 5.91. The minimum absolute atomic E-state index is 0.0941. The first-order valence-electron chi connectivity index (χ1n) is 5.09. The van der Waals surface area contributed by atoms with Crippen molar-refractivity contribution in [3.05, 3.63) is 11.8 Å². The Morgan fingerprint density at radius 2 is 2.50 bits per heavy atom. The molecule has 0 atom stereocenters. The number of nitriles is 1. The minimum atomic E-state index is -0.154. The van der Waals surface area contributed by atoms with Gasteiger partial charge in [0, 0.05) is 6.42 Å². The van der Waals surface area contributed by atoms with Crippen LogP contribution in [0.3, 0.4) is 0 Å². The molecule has 0 aliphatic carbocycles. The van der Waals surface area contributed by atoms with Crippen LogP contribution in [0.2, 0.25) is 0 Å². The third-order valence-corrected chi connectivity index (χ3v) is 2.01. The van der Waals surface area contributed by atoms with E-state index < -0.39 is 0 Å². The summed E-state index contributed by atoms with van der Waals surface area (Å²) in [5.41, 5.74) is 0.304. The van der Waals surface area contributed by atoms with E-state index in [4.69, 9.17) is 10.4 Å². The predicted molar refractivity (Wildman–Crippen MR) is 57.6 cm³/mol. The average molecular weight is 222 g/mol. The van der Waals surface area contributed by atoms with Gasteiger partial charge < -0.3 is 10.4 Å². The number of nitrogens with zero attached hydrogens (tertiary/aromatic N) is 3. The van der Waals surface area contributed by atoms with Crippen LogP contribution in [0, 0.1) is 11.3 Å². The number of aromatic nitrogens is 2. The Bertz CT molecular complexity index is 405. The van der Waals surface area contributed by atoms with Gasteiger partial charge in [-0.2, -0.15) is 10.4 Å². The van der Waals surface area contributed by atoms with Crippen LogP contribution >= 0.6 is 0 Å². The first-order valence-corrected chi connectivity index (χ1v) is 5.09. The van der Waals surface area contributed by atoms with E-state index in [-0.39, 0.29) is 19.1 Å². The molecular formula is C10H14N4O2. The van der Waals surface area contributed by atoms with E-state index in [1.54, 1.807) is 0 Å². The molecule has 1 aromatic rings. The molecule has 0 radical (unpaired) electrons. The molecule has 0 aliphatic rings. The highest BCUT2D eigenvalue weighted by Crippen LogP contribution is 2.14. The summed E-state index contributed by atoms with van der Waals surface area (Å²) >= 11 is 0. The smallest absolute Gasteiger partial charge is 0.225 e. The Balaban J connectivity index is 2.87. The fraction of sp³-hybridized carbons (Fsp3) is 0.500. The number of aliphatic hydroxyl groups is 1. The van der Waals surface area contributed by atoms with Crippen molar-refractivity contribution < 1.29 is 9.90 Å². The number of nitrogens with one attached hydrogen (secondary N) is 1. The van der Waals surface area contributed by atoms with Gasteiger partial charge >= 0.3 is 0 Å². The van der Waals surface area contributed by atoms with Crippen LogP contribution in [0.4, 0.5) is 5.82 Å². The van der Waals surface area contributed by atoms with Gasteiger partial charge in [0.2, 0.25) is 5.91 Å². The summed E-state index contributed by atoms with van der Waals surface area (Å²) in [4.78, 5) is 11.4. The average Bonchev–Trinajstić information content (AvgIpc) is 2.62. The van der Waals surface area contributed by atoms with E-state index in [0.29, 0.717) is 17.8 Å². The largest absolute Gasteiger partial charge is 0.394 e. The Labute approximate surface area is 93.5 Å². The molecule has 0 unspecified atom stereocenters. The molecule has 0 aromatic carbocycles. The van der Waals surface area contributed by atoms with Crippen molar-refractivity contribution in [1.29, 1.82) is 5.26 Å². The van der Waals surface area contributed by atoms with Gasteiger partial charge in [-0.25, -0.2) is 4.68 Å². The quantitative estimate of drug-likeness (QED) is 0.758. The number of amides is 1. The molecule has 0 saturated carbocycles. The van der Waals surface area contributed by atoms with E-state index >= 15 is 0 Å². The summed E-state index contributed by atoms with van der Waals surface area (Å²) in [5, 5.41) is 24.2. The van der Waals surface area contributed by atoms with Crippen molar-refractivity contribution in [2.75, 3.05) is 11.9 Å². The molecule has 0 aliphatic heterocycles. The number of hydrogen-bond donors (Lipinski definition) is 2. The van der Waals surface area contributed by atoms with E-state index in [2.05, 4.69) is 10.4 Å². The Morgan fingerprint density at radius 3 is 3.06 bits per heavy atom. The molecule has 1 aromatic heterocycles. The fourth-order valence-electron chi connectivity index (χ4n) is 1.28. The molecule has 0 saturated heterocycles. The second kappa shape index (κ2) is 5.88. The molecule has 6 heteroatoms. The maximum Gasteiger partial charge on any atom is 0.225 e. The van der Waals surface area contributed by atoms with Crippen molar-refractivity contribution in [1.82, 2.24) is 9.78 Å². The van der Waals surface area contributed by atoms with E-state index in [0.717, 1.165) is 6.42 Å². The summed E-state index contributed by atoms with van der Waals surface area (Å²) in [6.07, 6.45) is 2.51. The Kier molecular flexibility index (Phi) is 4.48. The normalized spacial score (nSPS) is 9.81. The molecule has 1 rings (SSSR count). The lowest BCUT2D eigenvalue weighted by Gasteiger charge is -2.07. The molecule has 0 fully saturated rings. The molecule has 1 amide bonds. The van der Waals surface area contributed by atoms with Crippen LogP contribution in [-0.2, 0) is 11.3 Å². The highest BCUT2D eigenvalue weighted by Gasteiger charge is 2.12. The summed E-state index contributed by atoms with van der Waals surface area (Å²) in [7, 11) is 0. The zero-order valence-electron chi connectivity index (χ0n) is 9.10. The molecular weight excluding hydrogens is 208 g/mol. The van der Waals surface area contributed by atoms with Gasteiger partial charge in [0.15, 0.2) is 0 Å². The second-order valence-corrected chi connectivity index (χ2v) is 3.26. The van der Waals surface area contributed by atoms with Crippen LogP contribution in [-0.4, -0.2) is 27.4 Å². The standard InChI is InChI=1S/C10H14N4O2/c1-2-3-9(16)13-10-8(6-11)7-12-14(10)4-5-15/h7,15H,2-5H2,1H3,(H,13,16). The van der Waals surface area contributed by atoms with Crippen LogP contribution < -0.4 is 5.32 Å². The molecule has 0 bridgehead atoms. The number of carbonyl (C=O) groups excluding carboxylic acids is 1. The van der Waals surface area contributed by atoms with Crippen LogP contribution in [0.25, 0.3) is 0 Å². The fourth-order valence-corrected chi connectivity index (χ4v) is 1.28. The number of carbonyl (C=O) groups is 1. The number of rotatable bonds is 5. The minimum Gasteiger partial charge on any atom is -0.394 e. The van der Waals surface area contributed by atoms with Gasteiger partial charge in [-0.05, 0) is 6.42 Å². The summed E-state index contributed by atoms with van der Waals surface area (Å²) in [6, 6.07) is 1.94. The lowest BCUT2D eigenvalue weighted by Crippen LogP contribution is -2.16. The zero-order chi connectivity index (χ0) is 12.0. The van der Waals surface area contributed by atoms with Crippen LogP contribution in [0.1, 0.15) is 25.3 Å². The van der Waals surface area contributed by atoms with Crippen molar-refractivity contribution in [3.8, 4) is 6.07 Å². The van der Waals surface area contributed by atoms with Crippen molar-refractivity contribution in [2.24, 2.45) is 0 Å². The Hall–Kier alpha value is -1.87. The van der Waals surface area contributed by atoms with Gasteiger partial charge in [0.1, 0.15) is 17.5 Å². The Morgan fingerprint density at radius 1 is 1.75 bits per heavy atom.